The van der Waals surface area contributed by atoms with Gasteiger partial charge >= 0.3 is 0 Å². The van der Waals surface area contributed by atoms with Crippen molar-refractivity contribution in [2.75, 3.05) is 5.01 Å². The molecule has 0 saturated heterocycles. The smallest absolute Gasteiger partial charge is 0.0729 e. The maximum Gasteiger partial charge on any atom is 0.0729 e. The van der Waals surface area contributed by atoms with E-state index in [2.05, 4.69) is 28.8 Å². The van der Waals surface area contributed by atoms with E-state index in [4.69, 9.17) is 11.6 Å². The summed E-state index contributed by atoms with van der Waals surface area (Å²) in [6.45, 7) is 0. The lowest BCUT2D eigenvalue weighted by Crippen LogP contribution is -2.42. The summed E-state index contributed by atoms with van der Waals surface area (Å²) in [5.41, 5.74) is 4.50. The van der Waals surface area contributed by atoms with Gasteiger partial charge in [0.2, 0.25) is 0 Å². The van der Waals surface area contributed by atoms with Crippen LogP contribution in [0, 0.1) is 5.92 Å². The first-order valence-corrected chi connectivity index (χ1v) is 7.20. The van der Waals surface area contributed by atoms with E-state index in [1.54, 1.807) is 0 Å². The van der Waals surface area contributed by atoms with Gasteiger partial charge in [0.1, 0.15) is 0 Å². The van der Waals surface area contributed by atoms with Crippen molar-refractivity contribution in [2.24, 2.45) is 5.92 Å². The zero-order chi connectivity index (χ0) is 12.4. The lowest BCUT2D eigenvalue weighted by Gasteiger charge is -2.34. The Morgan fingerprint density at radius 1 is 1.17 bits per heavy atom. The molecule has 1 aromatic rings. The van der Waals surface area contributed by atoms with Crippen LogP contribution in [-0.4, -0.2) is 6.04 Å². The first-order valence-electron chi connectivity index (χ1n) is 6.82. The number of nitrogens with zero attached hydrogens (tertiary/aromatic N) is 1. The Bertz CT molecular complexity index is 438. The van der Waals surface area contributed by atoms with E-state index in [0.29, 0.717) is 6.04 Å². The minimum Gasteiger partial charge on any atom is -0.305 e. The number of hydrogen-bond acceptors (Lipinski definition) is 2. The molecule has 0 spiro atoms. The third kappa shape index (κ3) is 2.35. The number of halogens is 1. The van der Waals surface area contributed by atoms with Crippen LogP contribution < -0.4 is 10.4 Å². The Balaban J connectivity index is 1.79. The van der Waals surface area contributed by atoms with Crippen LogP contribution in [0.4, 0.5) is 5.69 Å². The summed E-state index contributed by atoms with van der Waals surface area (Å²) in [6.07, 6.45) is 11.2. The van der Waals surface area contributed by atoms with Crippen LogP contribution in [-0.2, 0) is 0 Å². The highest BCUT2D eigenvalue weighted by molar-refractivity contribution is 6.30. The van der Waals surface area contributed by atoms with Gasteiger partial charge in [0.15, 0.2) is 0 Å². The van der Waals surface area contributed by atoms with Crippen molar-refractivity contribution in [1.29, 1.82) is 0 Å². The highest BCUT2D eigenvalue weighted by Gasteiger charge is 2.29. The van der Waals surface area contributed by atoms with Gasteiger partial charge in [-0.25, -0.2) is 0 Å². The zero-order valence-corrected chi connectivity index (χ0v) is 11.2. The second-order valence-corrected chi connectivity index (χ2v) is 5.66. The van der Waals surface area contributed by atoms with Crippen LogP contribution in [0.5, 0.6) is 0 Å². The van der Waals surface area contributed by atoms with E-state index in [1.165, 1.54) is 32.1 Å². The molecular weight excluding hydrogens is 244 g/mol. The topological polar surface area (TPSA) is 15.3 Å². The fourth-order valence-electron chi connectivity index (χ4n) is 3.11. The number of hydrogen-bond donors (Lipinski definition) is 1. The van der Waals surface area contributed by atoms with Crippen LogP contribution in [0.15, 0.2) is 36.5 Å². The first-order chi connectivity index (χ1) is 8.84. The second kappa shape index (κ2) is 5.23. The van der Waals surface area contributed by atoms with Crippen molar-refractivity contribution in [2.45, 2.75) is 38.1 Å². The lowest BCUT2D eigenvalue weighted by molar-refractivity contribution is 0.323. The van der Waals surface area contributed by atoms with Gasteiger partial charge in [-0.3, -0.25) is 5.01 Å². The summed E-state index contributed by atoms with van der Waals surface area (Å²) in [6, 6.07) is 8.54. The molecule has 1 fully saturated rings. The number of benzene rings is 1. The van der Waals surface area contributed by atoms with Crippen molar-refractivity contribution >= 4 is 17.3 Å². The molecule has 1 aromatic carbocycles. The average Bonchev–Trinajstić information content (AvgIpc) is 2.89. The molecule has 18 heavy (non-hydrogen) atoms. The molecular formula is C15H19ClN2. The highest BCUT2D eigenvalue weighted by Crippen LogP contribution is 2.33. The van der Waals surface area contributed by atoms with Crippen LogP contribution in [0.3, 0.4) is 0 Å². The molecule has 3 heteroatoms. The summed E-state index contributed by atoms with van der Waals surface area (Å²) in [5, 5.41) is 3.05. The predicted octanol–water partition coefficient (Wildman–Crippen LogP) is 4.13. The van der Waals surface area contributed by atoms with E-state index >= 15 is 0 Å². The van der Waals surface area contributed by atoms with Crippen molar-refractivity contribution < 1.29 is 0 Å². The van der Waals surface area contributed by atoms with E-state index in [9.17, 15) is 0 Å². The third-order valence-corrected chi connectivity index (χ3v) is 4.26. The van der Waals surface area contributed by atoms with Gasteiger partial charge in [-0.05, 0) is 43.0 Å². The Labute approximate surface area is 114 Å². The monoisotopic (exact) mass is 262 g/mol. The fraction of sp³-hybridized carbons (Fsp3) is 0.467. The molecule has 2 aliphatic rings. The summed E-state index contributed by atoms with van der Waals surface area (Å²) in [5.74, 6) is 0.768. The molecule has 1 atom stereocenters. The molecule has 3 rings (SSSR count). The molecule has 96 valence electrons. The number of rotatable bonds is 2. The van der Waals surface area contributed by atoms with Gasteiger partial charge in [0.05, 0.1) is 11.7 Å². The van der Waals surface area contributed by atoms with E-state index in [-0.39, 0.29) is 0 Å². The molecule has 1 unspecified atom stereocenters. The summed E-state index contributed by atoms with van der Waals surface area (Å²) in [4.78, 5) is 0. The third-order valence-electron chi connectivity index (χ3n) is 4.02. The molecule has 0 amide bonds. The highest BCUT2D eigenvalue weighted by atomic mass is 35.5. The Kier molecular flexibility index (Phi) is 3.46. The Hall–Kier alpha value is -1.15. The summed E-state index contributed by atoms with van der Waals surface area (Å²) < 4.78 is 0. The molecule has 0 aromatic heterocycles. The standard InChI is InChI=1S/C15H19ClN2/c16-13-7-4-8-14(11-13)18-15(9-10-17-18)12-5-2-1-3-6-12/h4,7-12,15,17H,1-3,5-6H2. The fourth-order valence-corrected chi connectivity index (χ4v) is 3.29. The molecule has 1 aliphatic heterocycles. The van der Waals surface area contributed by atoms with Gasteiger partial charge in [-0.15, -0.1) is 0 Å². The maximum absolute atomic E-state index is 6.08. The molecule has 1 saturated carbocycles. The maximum atomic E-state index is 6.08. The van der Waals surface area contributed by atoms with Crippen molar-refractivity contribution in [3.05, 3.63) is 41.6 Å². The predicted molar refractivity (Wildman–Crippen MR) is 76.6 cm³/mol. The van der Waals surface area contributed by atoms with Crippen LogP contribution in [0.25, 0.3) is 0 Å². The molecule has 0 radical (unpaired) electrons. The van der Waals surface area contributed by atoms with Gasteiger partial charge in [-0.2, -0.15) is 0 Å². The normalized spacial score (nSPS) is 24.3. The van der Waals surface area contributed by atoms with Gasteiger partial charge in [0, 0.05) is 11.2 Å². The van der Waals surface area contributed by atoms with Crippen LogP contribution >= 0.6 is 11.6 Å². The van der Waals surface area contributed by atoms with Crippen LogP contribution in [0.1, 0.15) is 32.1 Å². The van der Waals surface area contributed by atoms with E-state index in [1.807, 2.05) is 18.2 Å². The van der Waals surface area contributed by atoms with E-state index < -0.39 is 0 Å². The van der Waals surface area contributed by atoms with Crippen LogP contribution in [0.2, 0.25) is 5.02 Å². The van der Waals surface area contributed by atoms with Gasteiger partial charge in [-0.1, -0.05) is 36.9 Å². The molecule has 1 N–H and O–H groups in total. The van der Waals surface area contributed by atoms with Gasteiger partial charge in [0.25, 0.3) is 0 Å². The SMILES string of the molecule is Clc1cccc(N2NC=CC2C2CCCCC2)c1. The molecule has 0 bridgehead atoms. The Morgan fingerprint density at radius 2 is 2.00 bits per heavy atom. The summed E-state index contributed by atoms with van der Waals surface area (Å²) in [7, 11) is 0. The zero-order valence-electron chi connectivity index (χ0n) is 10.5. The number of hydrazine groups is 1. The van der Waals surface area contributed by atoms with Crippen molar-refractivity contribution in [1.82, 2.24) is 5.43 Å². The van der Waals surface area contributed by atoms with Gasteiger partial charge < -0.3 is 5.43 Å². The minimum absolute atomic E-state index is 0.476. The second-order valence-electron chi connectivity index (χ2n) is 5.23. The van der Waals surface area contributed by atoms with Crippen molar-refractivity contribution in [3.63, 3.8) is 0 Å². The minimum atomic E-state index is 0.476. The number of anilines is 1. The van der Waals surface area contributed by atoms with Crippen molar-refractivity contribution in [3.8, 4) is 0 Å². The lowest BCUT2D eigenvalue weighted by atomic mass is 9.84. The molecule has 2 nitrogen and oxygen atoms in total. The average molecular weight is 263 g/mol. The van der Waals surface area contributed by atoms with E-state index in [0.717, 1.165) is 16.6 Å². The Morgan fingerprint density at radius 3 is 2.78 bits per heavy atom. The summed E-state index contributed by atoms with van der Waals surface area (Å²) >= 11 is 6.08. The molecule has 1 aliphatic carbocycles. The number of nitrogens with one attached hydrogen (secondary N) is 1. The first kappa shape index (κ1) is 11.9. The largest absolute Gasteiger partial charge is 0.305 e. The molecule has 1 heterocycles. The quantitative estimate of drug-likeness (QED) is 0.862.